The summed E-state index contributed by atoms with van der Waals surface area (Å²) in [5.41, 5.74) is 2.92. The summed E-state index contributed by atoms with van der Waals surface area (Å²) in [5, 5.41) is 0. The summed E-state index contributed by atoms with van der Waals surface area (Å²) in [5.74, 6) is -0.119. The van der Waals surface area contributed by atoms with Gasteiger partial charge >= 0.3 is 5.97 Å². The summed E-state index contributed by atoms with van der Waals surface area (Å²) in [4.78, 5) is 26.5. The Morgan fingerprint density at radius 3 is 2.35 bits per heavy atom. The van der Waals surface area contributed by atoms with E-state index in [4.69, 9.17) is 4.74 Å². The summed E-state index contributed by atoms with van der Waals surface area (Å²) in [6.07, 6.45) is 1.38. The first-order chi connectivity index (χ1) is 10.9. The van der Waals surface area contributed by atoms with Gasteiger partial charge in [-0.05, 0) is 53.5 Å². The monoisotopic (exact) mass is 320 g/mol. The first-order valence-electron chi connectivity index (χ1n) is 8.51. The molecule has 128 valence electrons. The highest BCUT2D eigenvalue weighted by atomic mass is 16.5. The number of hydrogen-bond donors (Lipinski definition) is 0. The number of rotatable bonds is 4. The highest BCUT2D eigenvalue weighted by Gasteiger charge is 2.30. The maximum atomic E-state index is 12.8. The summed E-state index contributed by atoms with van der Waals surface area (Å²) < 4.78 is 7.27. The number of aryl methyl sites for hydroxylation is 1. The predicted octanol–water partition coefficient (Wildman–Crippen LogP) is 3.10. The van der Waals surface area contributed by atoms with Crippen molar-refractivity contribution in [3.8, 4) is 0 Å². The molecule has 1 amide bonds. The molecule has 1 aromatic heterocycles. The number of nitrogens with zero attached hydrogens (tertiary/aromatic N) is 2. The van der Waals surface area contributed by atoms with E-state index < -0.39 is 0 Å². The van der Waals surface area contributed by atoms with Crippen LogP contribution in [0.2, 0.25) is 0 Å². The van der Waals surface area contributed by atoms with Crippen LogP contribution < -0.4 is 0 Å². The largest absolute Gasteiger partial charge is 0.466 e. The van der Waals surface area contributed by atoms with Crippen molar-refractivity contribution in [2.75, 3.05) is 19.7 Å². The normalized spacial score (nSPS) is 16.0. The van der Waals surface area contributed by atoms with Gasteiger partial charge < -0.3 is 14.2 Å². The fourth-order valence-electron chi connectivity index (χ4n) is 3.54. The third-order valence-corrected chi connectivity index (χ3v) is 4.63. The van der Waals surface area contributed by atoms with Crippen molar-refractivity contribution in [3.63, 3.8) is 0 Å². The van der Waals surface area contributed by atoms with Crippen LogP contribution in [-0.4, -0.2) is 41.0 Å². The summed E-state index contributed by atoms with van der Waals surface area (Å²) >= 11 is 0. The molecular formula is C18H28N2O3. The molecule has 0 unspecified atom stereocenters. The minimum Gasteiger partial charge on any atom is -0.466 e. The number of esters is 1. The maximum absolute atomic E-state index is 12.8. The van der Waals surface area contributed by atoms with E-state index >= 15 is 0 Å². The number of ether oxygens (including phenoxy) is 1. The van der Waals surface area contributed by atoms with Gasteiger partial charge in [-0.2, -0.15) is 0 Å². The van der Waals surface area contributed by atoms with Crippen molar-refractivity contribution in [1.82, 2.24) is 9.47 Å². The van der Waals surface area contributed by atoms with Crippen molar-refractivity contribution in [2.24, 2.45) is 5.92 Å². The fraction of sp³-hybridized carbons (Fsp3) is 0.667. The molecule has 5 nitrogen and oxygen atoms in total. The maximum Gasteiger partial charge on any atom is 0.309 e. The molecule has 0 radical (unpaired) electrons. The number of aromatic nitrogens is 1. The molecule has 0 spiro atoms. The first-order valence-corrected chi connectivity index (χ1v) is 8.51. The second-order valence-electron chi connectivity index (χ2n) is 6.57. The van der Waals surface area contributed by atoms with Crippen LogP contribution >= 0.6 is 0 Å². The van der Waals surface area contributed by atoms with Crippen LogP contribution in [0.25, 0.3) is 0 Å². The van der Waals surface area contributed by atoms with Crippen LogP contribution in [0, 0.1) is 19.8 Å². The van der Waals surface area contributed by atoms with E-state index in [0.717, 1.165) is 17.0 Å². The molecule has 0 aromatic carbocycles. The highest BCUT2D eigenvalue weighted by molar-refractivity contribution is 5.96. The lowest BCUT2D eigenvalue weighted by atomic mass is 9.96. The second-order valence-corrected chi connectivity index (χ2v) is 6.57. The summed E-state index contributed by atoms with van der Waals surface area (Å²) in [6.45, 7) is 11.8. The summed E-state index contributed by atoms with van der Waals surface area (Å²) in [6, 6.07) is 2.32. The number of piperidine rings is 1. The average Bonchev–Trinajstić information content (AvgIpc) is 2.81. The molecule has 1 aliphatic rings. The minimum absolute atomic E-state index is 0.0675. The summed E-state index contributed by atoms with van der Waals surface area (Å²) in [7, 11) is 0. The van der Waals surface area contributed by atoms with Gasteiger partial charge in [-0.1, -0.05) is 0 Å². The molecule has 1 aliphatic heterocycles. The van der Waals surface area contributed by atoms with Gasteiger partial charge in [-0.15, -0.1) is 0 Å². The lowest BCUT2D eigenvalue weighted by Crippen LogP contribution is -2.40. The number of amides is 1. The molecule has 1 aromatic rings. The van der Waals surface area contributed by atoms with Gasteiger partial charge in [0.2, 0.25) is 0 Å². The molecule has 1 fully saturated rings. The molecule has 0 N–H and O–H groups in total. The molecule has 2 heterocycles. The smallest absolute Gasteiger partial charge is 0.309 e. The second kappa shape index (κ2) is 7.20. The fourth-order valence-corrected chi connectivity index (χ4v) is 3.54. The topological polar surface area (TPSA) is 51.5 Å². The van der Waals surface area contributed by atoms with Gasteiger partial charge in [0.05, 0.1) is 18.1 Å². The van der Waals surface area contributed by atoms with Gasteiger partial charge in [0.1, 0.15) is 0 Å². The third-order valence-electron chi connectivity index (χ3n) is 4.63. The van der Waals surface area contributed by atoms with E-state index in [2.05, 4.69) is 18.4 Å². The van der Waals surface area contributed by atoms with E-state index in [1.165, 1.54) is 0 Å². The lowest BCUT2D eigenvalue weighted by Gasteiger charge is -2.31. The van der Waals surface area contributed by atoms with Gasteiger partial charge in [0.25, 0.3) is 5.91 Å². The molecule has 1 saturated heterocycles. The molecular weight excluding hydrogens is 292 g/mol. The Bertz CT molecular complexity index is 581. The Kier molecular flexibility index (Phi) is 5.50. The molecule has 0 aliphatic carbocycles. The molecule has 0 saturated carbocycles. The van der Waals surface area contributed by atoms with Crippen LogP contribution in [0.1, 0.15) is 61.4 Å². The van der Waals surface area contributed by atoms with Crippen molar-refractivity contribution >= 4 is 11.9 Å². The zero-order valence-corrected chi connectivity index (χ0v) is 14.9. The van der Waals surface area contributed by atoms with Crippen LogP contribution in [0.15, 0.2) is 6.07 Å². The zero-order chi connectivity index (χ0) is 17.1. The van der Waals surface area contributed by atoms with E-state index in [1.807, 2.05) is 31.7 Å². The van der Waals surface area contributed by atoms with E-state index in [9.17, 15) is 9.59 Å². The SMILES string of the molecule is CCOC(=O)C1CCN(C(=O)c2cc(C)n(C(C)C)c2C)CC1. The van der Waals surface area contributed by atoms with Gasteiger partial charge in [0, 0.05) is 30.5 Å². The van der Waals surface area contributed by atoms with E-state index in [1.54, 1.807) is 0 Å². The van der Waals surface area contributed by atoms with Gasteiger partial charge in [0.15, 0.2) is 0 Å². The number of carbonyl (C=O) groups excluding carboxylic acids is 2. The molecule has 0 atom stereocenters. The van der Waals surface area contributed by atoms with E-state index in [0.29, 0.717) is 38.6 Å². The Balaban J connectivity index is 2.06. The Labute approximate surface area is 138 Å². The molecule has 5 heteroatoms. The molecule has 2 rings (SSSR count). The van der Waals surface area contributed by atoms with Crippen LogP contribution in [0.3, 0.4) is 0 Å². The quantitative estimate of drug-likeness (QED) is 0.801. The van der Waals surface area contributed by atoms with Crippen molar-refractivity contribution in [2.45, 2.75) is 53.5 Å². The Hall–Kier alpha value is -1.78. The highest BCUT2D eigenvalue weighted by Crippen LogP contribution is 2.24. The van der Waals surface area contributed by atoms with E-state index in [-0.39, 0.29) is 17.8 Å². The zero-order valence-electron chi connectivity index (χ0n) is 14.9. The number of carbonyl (C=O) groups is 2. The van der Waals surface area contributed by atoms with Crippen molar-refractivity contribution in [3.05, 3.63) is 23.0 Å². The Morgan fingerprint density at radius 2 is 1.87 bits per heavy atom. The van der Waals surface area contributed by atoms with Crippen molar-refractivity contribution < 1.29 is 14.3 Å². The van der Waals surface area contributed by atoms with Crippen LogP contribution in [-0.2, 0) is 9.53 Å². The lowest BCUT2D eigenvalue weighted by molar-refractivity contribution is -0.149. The Morgan fingerprint density at radius 1 is 1.26 bits per heavy atom. The minimum atomic E-state index is -0.127. The standard InChI is InChI=1S/C18H28N2O3/c1-6-23-18(22)15-7-9-19(10-8-15)17(21)16-11-13(4)20(12(2)3)14(16)5/h11-12,15H,6-10H2,1-5H3. The number of hydrogen-bond acceptors (Lipinski definition) is 3. The van der Waals surface area contributed by atoms with Crippen LogP contribution in [0.4, 0.5) is 0 Å². The first kappa shape index (κ1) is 17.6. The molecule has 23 heavy (non-hydrogen) atoms. The van der Waals surface area contributed by atoms with Crippen molar-refractivity contribution in [1.29, 1.82) is 0 Å². The third kappa shape index (κ3) is 3.59. The van der Waals surface area contributed by atoms with Crippen LogP contribution in [0.5, 0.6) is 0 Å². The molecule has 0 bridgehead atoms. The predicted molar refractivity (Wildman–Crippen MR) is 89.6 cm³/mol. The number of likely N-dealkylation sites (tertiary alicyclic amines) is 1. The average molecular weight is 320 g/mol. The van der Waals surface area contributed by atoms with Gasteiger partial charge in [-0.25, -0.2) is 0 Å². The van der Waals surface area contributed by atoms with Gasteiger partial charge in [-0.3, -0.25) is 9.59 Å².